The summed E-state index contributed by atoms with van der Waals surface area (Å²) in [7, 11) is 0. The number of carbonyl (C=O) groups is 12. The van der Waals surface area contributed by atoms with E-state index in [1.807, 2.05) is 0 Å². The molecule has 0 aliphatic carbocycles. The number of unbranched alkanes of at least 4 members (excludes halogenated alkanes) is 12. The largest absolute Gasteiger partial charge is 0.494 e. The van der Waals surface area contributed by atoms with Crippen LogP contribution in [0, 0.1) is 0 Å². The zero-order chi connectivity index (χ0) is 84.0. The van der Waals surface area contributed by atoms with Crippen LogP contribution in [0.3, 0.4) is 0 Å². The quantitative estimate of drug-likeness (QED) is 0.0112. The van der Waals surface area contributed by atoms with Crippen molar-refractivity contribution in [3.8, 4) is 46.0 Å². The zero-order valence-electron chi connectivity index (χ0n) is 65.6. The van der Waals surface area contributed by atoms with E-state index in [1.165, 1.54) is 137 Å². The molecule has 6 aromatic rings. The fourth-order valence-electron chi connectivity index (χ4n) is 10.4. The predicted octanol–water partition coefficient (Wildman–Crippen LogP) is 14.9. The van der Waals surface area contributed by atoms with Gasteiger partial charge in [-0.15, -0.1) is 0 Å². The summed E-state index contributed by atoms with van der Waals surface area (Å²) in [6.45, 7) is 21.6. The SMILES string of the molecule is C=CC(=O)OCCCCCCOc1ccc(C(=O)Oc2ccc(OC(=O)c3ccc(OCCCCCCOC(=O)C=C)cc3)c(C(=O)O[C@@H](C(=O)OC(C)C)[C@@H](OC(=O)c3cc(OC(=O)c4ccc(OCCCCCCOC(=O)C=C)cc4)ccc3OC(=O)c3ccc(OCCCCCCOC(=O)C=C)cc3)C(=O)OC(C)C)c2)cc1. The lowest BCUT2D eigenvalue weighted by molar-refractivity contribution is -0.178. The second-order valence-corrected chi connectivity index (χ2v) is 26.1. The maximum Gasteiger partial charge on any atom is 0.352 e. The predicted molar refractivity (Wildman–Crippen MR) is 420 cm³/mol. The fraction of sp³-hybridized carbons (Fsp3) is 0.364. The van der Waals surface area contributed by atoms with Crippen molar-refractivity contribution in [2.45, 2.75) is 155 Å². The van der Waals surface area contributed by atoms with Gasteiger partial charge in [0.05, 0.1) is 87.3 Å². The molecule has 28 heteroatoms. The van der Waals surface area contributed by atoms with Crippen molar-refractivity contribution in [2.24, 2.45) is 0 Å². The van der Waals surface area contributed by atoms with Gasteiger partial charge in [-0.1, -0.05) is 26.3 Å². The van der Waals surface area contributed by atoms with Gasteiger partial charge in [-0.25, -0.2) is 57.5 Å². The molecule has 6 rings (SSSR count). The molecule has 0 saturated carbocycles. The summed E-state index contributed by atoms with van der Waals surface area (Å²) < 4.78 is 89.5. The van der Waals surface area contributed by atoms with Gasteiger partial charge in [0, 0.05) is 24.3 Å². The number of benzene rings is 6. The van der Waals surface area contributed by atoms with Crippen LogP contribution < -0.4 is 37.9 Å². The second kappa shape index (κ2) is 51.0. The minimum atomic E-state index is -2.60. The Labute approximate surface area is 673 Å². The standard InChI is InChI=1S/C88H98O28/c1-9-75(89)105-53-25-17-13-21-49-101-65-37-29-61(30-38-65)81(93)111-69-45-47-73(113-83(95)63-33-41-67(42-34-63)103-51-23-15-19-27-55-107-77(91)11-3)71(57-69)85(97)115-79(87(99)109-59(5)6)80(88(100)110-60(7)8)116-86(98)72-58-70(112-82(94)62-31-39-66(40-32-62)102-50-22-14-18-26-54-106-76(90)10-2)46-48-74(72)114-84(96)64-35-43-68(44-36-64)104-52-24-16-20-28-56-108-78(92)12-4/h9-12,29-48,57-60,79-80H,1-4,13-28,49-56H2,5-8H3/t79-,80-/m1/s1. The molecule has 2 atom stereocenters. The first-order valence-electron chi connectivity index (χ1n) is 38.1. The first-order chi connectivity index (χ1) is 56.0. The molecule has 0 bridgehead atoms. The average molecular weight is 1600 g/mol. The first-order valence-corrected chi connectivity index (χ1v) is 38.1. The normalized spacial score (nSPS) is 11.2. The van der Waals surface area contributed by atoms with E-state index in [1.54, 1.807) is 0 Å². The van der Waals surface area contributed by atoms with Gasteiger partial charge in [-0.2, -0.15) is 0 Å². The van der Waals surface area contributed by atoms with Crippen molar-refractivity contribution in [1.82, 2.24) is 0 Å². The van der Waals surface area contributed by atoms with Gasteiger partial charge in [0.15, 0.2) is 0 Å². The second-order valence-electron chi connectivity index (χ2n) is 26.1. The average Bonchev–Trinajstić information content (AvgIpc) is 0.804. The number of rotatable bonds is 53. The summed E-state index contributed by atoms with van der Waals surface area (Å²) in [6.07, 6.45) is 8.68. The lowest BCUT2D eigenvalue weighted by Crippen LogP contribution is -2.48. The highest BCUT2D eigenvalue weighted by Gasteiger charge is 2.45. The molecule has 618 valence electrons. The highest BCUT2D eigenvalue weighted by molar-refractivity contribution is 6.01. The molecule has 0 radical (unpaired) electrons. The Morgan fingerprint density at radius 1 is 0.267 bits per heavy atom. The van der Waals surface area contributed by atoms with Crippen LogP contribution in [-0.4, -0.2) is 149 Å². The monoisotopic (exact) mass is 1600 g/mol. The van der Waals surface area contributed by atoms with E-state index in [0.29, 0.717) is 101 Å². The lowest BCUT2D eigenvalue weighted by atomic mass is 10.1. The molecule has 6 aromatic carbocycles. The maximum atomic E-state index is 15.1. The summed E-state index contributed by atoms with van der Waals surface area (Å²) in [4.78, 5) is 161. The van der Waals surface area contributed by atoms with Crippen LogP contribution in [0.1, 0.15) is 193 Å². The molecule has 0 aromatic heterocycles. The summed E-state index contributed by atoms with van der Waals surface area (Å²) in [5.41, 5.74) is -1.45. The highest BCUT2D eigenvalue weighted by Crippen LogP contribution is 2.32. The van der Waals surface area contributed by atoms with Crippen LogP contribution in [0.15, 0.2) is 184 Å². The van der Waals surface area contributed by atoms with E-state index >= 15 is 9.59 Å². The fourth-order valence-corrected chi connectivity index (χ4v) is 10.4. The van der Waals surface area contributed by atoms with Crippen LogP contribution in [0.4, 0.5) is 0 Å². The number of hydrogen-bond donors (Lipinski definition) is 0. The molecule has 0 N–H and O–H groups in total. The molecular formula is C88H98O28. The van der Waals surface area contributed by atoms with Gasteiger partial charge in [-0.3, -0.25) is 0 Å². The van der Waals surface area contributed by atoms with E-state index in [2.05, 4.69) is 26.3 Å². The molecule has 0 aliphatic heterocycles. The van der Waals surface area contributed by atoms with Crippen molar-refractivity contribution < 1.29 is 133 Å². The molecule has 0 saturated heterocycles. The molecule has 0 spiro atoms. The van der Waals surface area contributed by atoms with Crippen molar-refractivity contribution >= 4 is 71.6 Å². The van der Waals surface area contributed by atoms with Gasteiger partial charge in [0.2, 0.25) is 12.2 Å². The molecule has 116 heavy (non-hydrogen) atoms. The molecule has 0 aliphatic rings. The number of esters is 12. The van der Waals surface area contributed by atoms with Gasteiger partial charge >= 0.3 is 71.6 Å². The number of hydrogen-bond acceptors (Lipinski definition) is 28. The maximum absolute atomic E-state index is 15.1. The topological polar surface area (TPSA) is 353 Å². The Morgan fingerprint density at radius 2 is 0.491 bits per heavy atom. The summed E-state index contributed by atoms with van der Waals surface area (Å²) in [6, 6.07) is 29.9. The highest BCUT2D eigenvalue weighted by atomic mass is 16.6. The summed E-state index contributed by atoms with van der Waals surface area (Å²) in [5, 5.41) is 0. The Morgan fingerprint density at radius 3 is 0.724 bits per heavy atom. The van der Waals surface area contributed by atoms with Gasteiger partial charge in [-0.05, 0) is 264 Å². The van der Waals surface area contributed by atoms with Crippen LogP contribution in [0.5, 0.6) is 46.0 Å². The van der Waals surface area contributed by atoms with E-state index in [0.717, 1.165) is 99.9 Å². The first kappa shape index (κ1) is 92.0. The van der Waals surface area contributed by atoms with E-state index in [9.17, 15) is 47.9 Å². The molecular weight excluding hydrogens is 1500 g/mol. The van der Waals surface area contributed by atoms with Gasteiger partial charge in [0.25, 0.3) is 0 Å². The zero-order valence-corrected chi connectivity index (χ0v) is 65.6. The summed E-state index contributed by atoms with van der Waals surface area (Å²) >= 11 is 0. The number of ether oxygens (including phenoxy) is 16. The third-order valence-electron chi connectivity index (χ3n) is 16.3. The minimum absolute atomic E-state index is 0.0237. The van der Waals surface area contributed by atoms with Crippen molar-refractivity contribution in [3.05, 3.63) is 217 Å². The van der Waals surface area contributed by atoms with Gasteiger partial charge in [0.1, 0.15) is 57.1 Å². The van der Waals surface area contributed by atoms with E-state index in [4.69, 9.17) is 75.8 Å². The Kier molecular flexibility index (Phi) is 40.4. The van der Waals surface area contributed by atoms with Crippen LogP contribution in [0.25, 0.3) is 0 Å². The van der Waals surface area contributed by atoms with Crippen LogP contribution >= 0.6 is 0 Å². The Balaban J connectivity index is 1.29. The number of carbonyl (C=O) groups excluding carboxylic acids is 12. The van der Waals surface area contributed by atoms with E-state index < -0.39 is 119 Å². The summed E-state index contributed by atoms with van der Waals surface area (Å²) in [5.74, 6) is -12.2. The molecule has 0 amide bonds. The van der Waals surface area contributed by atoms with Gasteiger partial charge < -0.3 is 75.8 Å². The van der Waals surface area contributed by atoms with Crippen molar-refractivity contribution in [3.63, 3.8) is 0 Å². The smallest absolute Gasteiger partial charge is 0.352 e. The molecule has 28 nitrogen and oxygen atoms in total. The van der Waals surface area contributed by atoms with Crippen molar-refractivity contribution in [2.75, 3.05) is 52.9 Å². The van der Waals surface area contributed by atoms with Crippen LogP contribution in [0.2, 0.25) is 0 Å². The Hall–Kier alpha value is -12.9. The Bertz CT molecular complexity index is 4000. The minimum Gasteiger partial charge on any atom is -0.494 e. The third kappa shape index (κ3) is 33.8. The van der Waals surface area contributed by atoms with E-state index in [-0.39, 0.29) is 60.2 Å². The lowest BCUT2D eigenvalue weighted by Gasteiger charge is -2.26. The molecule has 0 unspecified atom stereocenters. The van der Waals surface area contributed by atoms with Crippen LogP contribution in [-0.2, 0) is 66.7 Å². The van der Waals surface area contributed by atoms with Crippen molar-refractivity contribution in [1.29, 1.82) is 0 Å². The molecule has 0 heterocycles. The molecule has 0 fully saturated rings. The third-order valence-corrected chi connectivity index (χ3v) is 16.3.